The summed E-state index contributed by atoms with van der Waals surface area (Å²) < 4.78 is 4.91. The first-order chi connectivity index (χ1) is 6.54. The van der Waals surface area contributed by atoms with Crippen molar-refractivity contribution in [2.75, 3.05) is 7.11 Å². The molecule has 1 aromatic heterocycles. The molecule has 0 amide bonds. The van der Waals surface area contributed by atoms with Crippen molar-refractivity contribution in [2.45, 2.75) is 13.3 Å². The number of aromatic nitrogens is 2. The third kappa shape index (κ3) is 2.32. The van der Waals surface area contributed by atoms with Gasteiger partial charge in [-0.05, 0) is 18.5 Å². The van der Waals surface area contributed by atoms with E-state index in [1.807, 2.05) is 0 Å². The van der Waals surface area contributed by atoms with Gasteiger partial charge >= 0.3 is 5.97 Å². The first-order valence-electron chi connectivity index (χ1n) is 3.83. The Morgan fingerprint density at radius 2 is 2.21 bits per heavy atom. The average Bonchev–Trinajstić information content (AvgIpc) is 2.08. The van der Waals surface area contributed by atoms with E-state index in [-0.39, 0.29) is 17.6 Å². The number of hydrogen-bond acceptors (Lipinski definition) is 4. The largest absolute Gasteiger partial charge is 0.481 e. The average molecular weight is 217 g/mol. The number of hydrogen-bond donors (Lipinski definition) is 1. The fourth-order valence-electron chi connectivity index (χ4n) is 1.06. The molecule has 0 radical (unpaired) electrons. The predicted octanol–water partition coefficient (Wildman–Crippen LogP) is 1.07. The second-order valence-corrected chi connectivity index (χ2v) is 2.97. The Balaban J connectivity index is 3.18. The fourth-order valence-corrected chi connectivity index (χ4v) is 1.26. The van der Waals surface area contributed by atoms with Crippen LogP contribution in [0.4, 0.5) is 0 Å². The molecular weight excluding hydrogens is 208 g/mol. The van der Waals surface area contributed by atoms with Crippen molar-refractivity contribution in [3.8, 4) is 5.88 Å². The molecule has 1 rings (SSSR count). The summed E-state index contributed by atoms with van der Waals surface area (Å²) in [6.45, 7) is 1.66. The SMILES string of the molecule is COc1nc(Cl)nc(C)c1CC(=O)O. The molecule has 0 saturated carbocycles. The number of carboxylic acids is 1. The van der Waals surface area contributed by atoms with Crippen molar-refractivity contribution in [1.82, 2.24) is 9.97 Å². The third-order valence-electron chi connectivity index (χ3n) is 1.67. The Morgan fingerprint density at radius 1 is 1.57 bits per heavy atom. The minimum absolute atomic E-state index is 0.0495. The van der Waals surface area contributed by atoms with Crippen molar-refractivity contribution in [3.05, 3.63) is 16.5 Å². The molecule has 0 aliphatic carbocycles. The molecule has 0 unspecified atom stereocenters. The lowest BCUT2D eigenvalue weighted by atomic mass is 10.1. The Morgan fingerprint density at radius 3 is 2.71 bits per heavy atom. The number of aryl methyl sites for hydroxylation is 1. The van der Waals surface area contributed by atoms with Crippen LogP contribution in [0.5, 0.6) is 5.88 Å². The summed E-state index contributed by atoms with van der Waals surface area (Å²) in [5.41, 5.74) is 0.966. The van der Waals surface area contributed by atoms with Gasteiger partial charge < -0.3 is 9.84 Å². The van der Waals surface area contributed by atoms with Gasteiger partial charge in [0.1, 0.15) is 0 Å². The van der Waals surface area contributed by atoms with Crippen molar-refractivity contribution >= 4 is 17.6 Å². The summed E-state index contributed by atoms with van der Waals surface area (Å²) in [6, 6.07) is 0. The maximum atomic E-state index is 10.5. The molecule has 6 heteroatoms. The first-order valence-corrected chi connectivity index (χ1v) is 4.21. The number of carboxylic acid groups (broad SMARTS) is 1. The van der Waals surface area contributed by atoms with Gasteiger partial charge in [-0.25, -0.2) is 4.98 Å². The molecule has 0 aliphatic rings. The van der Waals surface area contributed by atoms with Gasteiger partial charge in [-0.1, -0.05) is 0 Å². The quantitative estimate of drug-likeness (QED) is 0.766. The summed E-state index contributed by atoms with van der Waals surface area (Å²) in [4.78, 5) is 18.2. The van der Waals surface area contributed by atoms with E-state index in [4.69, 9.17) is 21.4 Å². The van der Waals surface area contributed by atoms with Gasteiger partial charge in [-0.3, -0.25) is 4.79 Å². The zero-order valence-electron chi connectivity index (χ0n) is 7.74. The highest BCUT2D eigenvalue weighted by Gasteiger charge is 2.14. The minimum atomic E-state index is -0.961. The van der Waals surface area contributed by atoms with E-state index in [2.05, 4.69) is 9.97 Å². The maximum absolute atomic E-state index is 10.5. The summed E-state index contributed by atoms with van der Waals surface area (Å²) in [5.74, 6) is -0.748. The predicted molar refractivity (Wildman–Crippen MR) is 49.7 cm³/mol. The number of ether oxygens (including phenoxy) is 1. The Bertz CT molecular complexity index is 368. The van der Waals surface area contributed by atoms with E-state index < -0.39 is 5.97 Å². The van der Waals surface area contributed by atoms with E-state index >= 15 is 0 Å². The van der Waals surface area contributed by atoms with Gasteiger partial charge in [0.25, 0.3) is 0 Å². The molecule has 0 fully saturated rings. The van der Waals surface area contributed by atoms with Crippen LogP contribution in [-0.2, 0) is 11.2 Å². The highest BCUT2D eigenvalue weighted by atomic mass is 35.5. The number of methoxy groups -OCH3 is 1. The lowest BCUT2D eigenvalue weighted by Gasteiger charge is -2.07. The third-order valence-corrected chi connectivity index (χ3v) is 1.84. The molecule has 0 aromatic carbocycles. The van der Waals surface area contributed by atoms with Crippen LogP contribution in [0.3, 0.4) is 0 Å². The minimum Gasteiger partial charge on any atom is -0.481 e. The zero-order chi connectivity index (χ0) is 10.7. The van der Waals surface area contributed by atoms with Gasteiger partial charge in [0.05, 0.1) is 13.5 Å². The molecule has 14 heavy (non-hydrogen) atoms. The molecular formula is C8H9ClN2O3. The summed E-state index contributed by atoms with van der Waals surface area (Å²) >= 11 is 5.59. The summed E-state index contributed by atoms with van der Waals surface area (Å²) in [7, 11) is 1.41. The lowest BCUT2D eigenvalue weighted by molar-refractivity contribution is -0.136. The number of halogens is 1. The molecule has 76 valence electrons. The van der Waals surface area contributed by atoms with Crippen molar-refractivity contribution in [3.63, 3.8) is 0 Å². The number of rotatable bonds is 3. The fraction of sp³-hybridized carbons (Fsp3) is 0.375. The first kappa shape index (κ1) is 10.7. The van der Waals surface area contributed by atoms with Crippen LogP contribution in [0.15, 0.2) is 0 Å². The van der Waals surface area contributed by atoms with Crippen LogP contribution >= 0.6 is 11.6 Å². The van der Waals surface area contributed by atoms with Gasteiger partial charge in [-0.15, -0.1) is 0 Å². The van der Waals surface area contributed by atoms with Gasteiger partial charge in [-0.2, -0.15) is 4.98 Å². The Labute approximate surface area is 85.7 Å². The van der Waals surface area contributed by atoms with E-state index in [1.54, 1.807) is 6.92 Å². The van der Waals surface area contributed by atoms with Crippen LogP contribution in [-0.4, -0.2) is 28.2 Å². The summed E-state index contributed by atoms with van der Waals surface area (Å²) in [6.07, 6.45) is -0.174. The van der Waals surface area contributed by atoms with Gasteiger partial charge in [0, 0.05) is 11.3 Å². The Hall–Kier alpha value is -1.36. The topological polar surface area (TPSA) is 72.3 Å². The van der Waals surface area contributed by atoms with Crippen molar-refractivity contribution in [1.29, 1.82) is 0 Å². The van der Waals surface area contributed by atoms with Gasteiger partial charge in [0.15, 0.2) is 0 Å². The van der Waals surface area contributed by atoms with E-state index in [0.29, 0.717) is 11.3 Å². The maximum Gasteiger partial charge on any atom is 0.308 e. The van der Waals surface area contributed by atoms with E-state index in [9.17, 15) is 4.79 Å². The monoisotopic (exact) mass is 216 g/mol. The smallest absolute Gasteiger partial charge is 0.308 e. The van der Waals surface area contributed by atoms with Crippen LogP contribution in [0.2, 0.25) is 5.28 Å². The Kier molecular flexibility index (Phi) is 3.24. The normalized spacial score (nSPS) is 9.93. The molecule has 0 aliphatic heterocycles. The molecule has 5 nitrogen and oxygen atoms in total. The molecule has 1 heterocycles. The standard InChI is InChI=1S/C8H9ClN2O3/c1-4-5(3-6(12)13)7(14-2)11-8(9)10-4/h3H2,1-2H3,(H,12,13). The van der Waals surface area contributed by atoms with Crippen molar-refractivity contribution < 1.29 is 14.6 Å². The van der Waals surface area contributed by atoms with Gasteiger partial charge in [0.2, 0.25) is 11.2 Å². The molecule has 0 atom stereocenters. The van der Waals surface area contributed by atoms with Crippen LogP contribution in [0, 0.1) is 6.92 Å². The number of carbonyl (C=O) groups is 1. The highest BCUT2D eigenvalue weighted by molar-refractivity contribution is 6.28. The molecule has 1 N–H and O–H groups in total. The van der Waals surface area contributed by atoms with Crippen molar-refractivity contribution in [2.24, 2.45) is 0 Å². The van der Waals surface area contributed by atoms with Crippen LogP contribution < -0.4 is 4.74 Å². The number of aliphatic carboxylic acids is 1. The molecule has 1 aromatic rings. The van der Waals surface area contributed by atoms with E-state index in [0.717, 1.165) is 0 Å². The number of nitrogens with zero attached hydrogens (tertiary/aromatic N) is 2. The highest BCUT2D eigenvalue weighted by Crippen LogP contribution is 2.20. The molecule has 0 spiro atoms. The molecule has 0 saturated heterocycles. The summed E-state index contributed by atoms with van der Waals surface area (Å²) in [5, 5.41) is 8.69. The lowest BCUT2D eigenvalue weighted by Crippen LogP contribution is -2.07. The van der Waals surface area contributed by atoms with E-state index in [1.165, 1.54) is 7.11 Å². The zero-order valence-corrected chi connectivity index (χ0v) is 8.50. The second kappa shape index (κ2) is 4.23. The van der Waals surface area contributed by atoms with Crippen LogP contribution in [0.25, 0.3) is 0 Å². The second-order valence-electron chi connectivity index (χ2n) is 2.64. The molecule has 0 bridgehead atoms. The van der Waals surface area contributed by atoms with Crippen LogP contribution in [0.1, 0.15) is 11.3 Å².